The zero-order valence-corrected chi connectivity index (χ0v) is 9.25. The van der Waals surface area contributed by atoms with Gasteiger partial charge in [-0.15, -0.1) is 11.3 Å². The normalized spacial score (nSPS) is 9.93. The van der Waals surface area contributed by atoms with Crippen molar-refractivity contribution in [3.63, 3.8) is 0 Å². The summed E-state index contributed by atoms with van der Waals surface area (Å²) >= 11 is 1.73. The van der Waals surface area contributed by atoms with Gasteiger partial charge in [-0.1, -0.05) is 6.07 Å². The minimum Gasteiger partial charge on any atom is -0.480 e. The Bertz CT molecular complexity index is 414. The largest absolute Gasteiger partial charge is 0.480 e. The van der Waals surface area contributed by atoms with E-state index in [4.69, 9.17) is 4.74 Å². The molecule has 0 saturated heterocycles. The van der Waals surface area contributed by atoms with Crippen molar-refractivity contribution in [2.75, 3.05) is 12.4 Å². The van der Waals surface area contributed by atoms with Gasteiger partial charge in [0.05, 0.1) is 12.8 Å². The summed E-state index contributed by atoms with van der Waals surface area (Å²) in [6.45, 7) is 0.805. The molecule has 2 aromatic heterocycles. The fraction of sp³-hybridized carbons (Fsp3) is 0.182. The number of ether oxygens (including phenoxy) is 1. The second-order valence-corrected chi connectivity index (χ2v) is 4.03. The molecule has 0 amide bonds. The monoisotopic (exact) mass is 220 g/mol. The average Bonchev–Trinajstić information content (AvgIpc) is 2.79. The Hall–Kier alpha value is -1.55. The maximum absolute atomic E-state index is 5.15. The van der Waals surface area contributed by atoms with Crippen molar-refractivity contribution < 1.29 is 4.74 Å². The molecule has 4 heteroatoms. The quantitative estimate of drug-likeness (QED) is 0.860. The van der Waals surface area contributed by atoms with Crippen molar-refractivity contribution in [1.29, 1.82) is 0 Å². The van der Waals surface area contributed by atoms with Crippen LogP contribution in [0.15, 0.2) is 35.8 Å². The van der Waals surface area contributed by atoms with Gasteiger partial charge in [0.1, 0.15) is 0 Å². The fourth-order valence-corrected chi connectivity index (χ4v) is 1.93. The predicted octanol–water partition coefficient (Wildman–Crippen LogP) is 2.76. The van der Waals surface area contributed by atoms with E-state index in [2.05, 4.69) is 21.7 Å². The lowest BCUT2D eigenvalue weighted by atomic mass is 10.4. The topological polar surface area (TPSA) is 34.1 Å². The van der Waals surface area contributed by atoms with Gasteiger partial charge in [0, 0.05) is 17.6 Å². The van der Waals surface area contributed by atoms with Crippen LogP contribution in [0.25, 0.3) is 0 Å². The Morgan fingerprint density at radius 3 is 3.07 bits per heavy atom. The van der Waals surface area contributed by atoms with E-state index in [1.807, 2.05) is 18.2 Å². The number of hydrogen-bond donors (Lipinski definition) is 1. The number of pyridine rings is 1. The predicted molar refractivity (Wildman–Crippen MR) is 62.4 cm³/mol. The molecule has 0 saturated carbocycles. The van der Waals surface area contributed by atoms with Gasteiger partial charge in [-0.05, 0) is 23.6 Å². The summed E-state index contributed by atoms with van der Waals surface area (Å²) in [5.74, 6) is 0.633. The van der Waals surface area contributed by atoms with Crippen LogP contribution in [0.4, 0.5) is 5.69 Å². The van der Waals surface area contributed by atoms with Crippen LogP contribution >= 0.6 is 11.3 Å². The van der Waals surface area contributed by atoms with E-state index >= 15 is 0 Å². The van der Waals surface area contributed by atoms with Crippen LogP contribution in [-0.2, 0) is 6.54 Å². The number of rotatable bonds is 4. The molecule has 2 aromatic rings. The summed E-state index contributed by atoms with van der Waals surface area (Å²) in [4.78, 5) is 5.41. The molecule has 2 heterocycles. The van der Waals surface area contributed by atoms with E-state index < -0.39 is 0 Å². The van der Waals surface area contributed by atoms with Gasteiger partial charge in [0.25, 0.3) is 0 Å². The van der Waals surface area contributed by atoms with Crippen molar-refractivity contribution >= 4 is 17.0 Å². The minimum atomic E-state index is 0.633. The smallest absolute Gasteiger partial charge is 0.237 e. The minimum absolute atomic E-state index is 0.633. The highest BCUT2D eigenvalue weighted by Gasteiger charge is 2.02. The van der Waals surface area contributed by atoms with Crippen molar-refractivity contribution in [2.45, 2.75) is 6.54 Å². The Labute approximate surface area is 92.7 Å². The number of hydrogen-bond acceptors (Lipinski definition) is 4. The molecule has 0 unspecified atom stereocenters. The summed E-state index contributed by atoms with van der Waals surface area (Å²) in [5.41, 5.74) is 0.924. The maximum atomic E-state index is 5.15. The highest BCUT2D eigenvalue weighted by Crippen LogP contribution is 2.21. The number of nitrogens with one attached hydrogen (secondary N) is 1. The molecule has 0 aromatic carbocycles. The van der Waals surface area contributed by atoms with E-state index in [0.29, 0.717) is 5.88 Å². The Morgan fingerprint density at radius 2 is 2.33 bits per heavy atom. The van der Waals surface area contributed by atoms with Crippen LogP contribution in [0.3, 0.4) is 0 Å². The molecular weight excluding hydrogens is 208 g/mol. The standard InChI is InChI=1S/C11H12N2OS/c1-14-11-10(5-2-6-12-11)13-8-9-4-3-7-15-9/h2-7,13H,8H2,1H3. The summed E-state index contributed by atoms with van der Waals surface area (Å²) < 4.78 is 5.15. The zero-order chi connectivity index (χ0) is 10.5. The van der Waals surface area contributed by atoms with E-state index in [1.54, 1.807) is 24.6 Å². The molecule has 0 radical (unpaired) electrons. The lowest BCUT2D eigenvalue weighted by molar-refractivity contribution is 0.399. The first kappa shape index (κ1) is 9.98. The second-order valence-electron chi connectivity index (χ2n) is 2.99. The van der Waals surface area contributed by atoms with Crippen molar-refractivity contribution in [1.82, 2.24) is 4.98 Å². The molecule has 15 heavy (non-hydrogen) atoms. The Morgan fingerprint density at radius 1 is 1.40 bits per heavy atom. The lowest BCUT2D eigenvalue weighted by Crippen LogP contribution is -2.00. The molecule has 0 aliphatic rings. The number of thiophene rings is 1. The van der Waals surface area contributed by atoms with Gasteiger partial charge in [0.2, 0.25) is 5.88 Å². The first-order chi connectivity index (χ1) is 7.40. The number of aromatic nitrogens is 1. The van der Waals surface area contributed by atoms with Gasteiger partial charge in [-0.25, -0.2) is 4.98 Å². The molecule has 2 rings (SSSR count). The van der Waals surface area contributed by atoms with Crippen LogP contribution in [0, 0.1) is 0 Å². The average molecular weight is 220 g/mol. The zero-order valence-electron chi connectivity index (χ0n) is 8.43. The van der Waals surface area contributed by atoms with Gasteiger partial charge >= 0.3 is 0 Å². The van der Waals surface area contributed by atoms with Crippen LogP contribution in [-0.4, -0.2) is 12.1 Å². The lowest BCUT2D eigenvalue weighted by Gasteiger charge is -2.08. The third-order valence-corrected chi connectivity index (χ3v) is 2.87. The Balaban J connectivity index is 2.04. The van der Waals surface area contributed by atoms with Crippen LogP contribution < -0.4 is 10.1 Å². The first-order valence-corrected chi connectivity index (χ1v) is 5.53. The SMILES string of the molecule is COc1ncccc1NCc1cccs1. The van der Waals surface area contributed by atoms with Crippen LogP contribution in [0.2, 0.25) is 0 Å². The van der Waals surface area contributed by atoms with E-state index in [1.165, 1.54) is 4.88 Å². The van der Waals surface area contributed by atoms with Crippen molar-refractivity contribution in [3.05, 3.63) is 40.7 Å². The second kappa shape index (κ2) is 4.79. The van der Waals surface area contributed by atoms with Gasteiger partial charge in [-0.2, -0.15) is 0 Å². The number of anilines is 1. The van der Waals surface area contributed by atoms with Crippen molar-refractivity contribution in [3.8, 4) is 5.88 Å². The first-order valence-electron chi connectivity index (χ1n) is 4.65. The molecular formula is C11H12N2OS. The van der Waals surface area contributed by atoms with Crippen LogP contribution in [0.1, 0.15) is 4.88 Å². The molecule has 1 N–H and O–H groups in total. The summed E-state index contributed by atoms with van der Waals surface area (Å²) in [6, 6.07) is 7.99. The van der Waals surface area contributed by atoms with Gasteiger partial charge in [-0.3, -0.25) is 0 Å². The maximum Gasteiger partial charge on any atom is 0.237 e. The summed E-state index contributed by atoms with van der Waals surface area (Å²) in [5, 5.41) is 5.36. The van der Waals surface area contributed by atoms with E-state index in [9.17, 15) is 0 Å². The highest BCUT2D eigenvalue weighted by molar-refractivity contribution is 7.09. The summed E-state index contributed by atoms with van der Waals surface area (Å²) in [7, 11) is 1.62. The fourth-order valence-electron chi connectivity index (χ4n) is 1.28. The highest BCUT2D eigenvalue weighted by atomic mass is 32.1. The Kier molecular flexibility index (Phi) is 3.19. The third-order valence-electron chi connectivity index (χ3n) is 2.00. The van der Waals surface area contributed by atoms with Gasteiger partial charge < -0.3 is 10.1 Å². The van der Waals surface area contributed by atoms with Gasteiger partial charge in [0.15, 0.2) is 0 Å². The van der Waals surface area contributed by atoms with E-state index in [0.717, 1.165) is 12.2 Å². The molecule has 0 spiro atoms. The molecule has 0 aliphatic carbocycles. The molecule has 0 atom stereocenters. The number of methoxy groups -OCH3 is 1. The van der Waals surface area contributed by atoms with E-state index in [-0.39, 0.29) is 0 Å². The molecule has 78 valence electrons. The molecule has 0 fully saturated rings. The molecule has 0 aliphatic heterocycles. The third kappa shape index (κ3) is 2.47. The molecule has 0 bridgehead atoms. The molecule has 3 nitrogen and oxygen atoms in total. The number of nitrogens with zero attached hydrogens (tertiary/aromatic N) is 1. The van der Waals surface area contributed by atoms with Crippen LogP contribution in [0.5, 0.6) is 5.88 Å². The summed E-state index contributed by atoms with van der Waals surface area (Å²) in [6.07, 6.45) is 1.72. The van der Waals surface area contributed by atoms with Crippen molar-refractivity contribution in [2.24, 2.45) is 0 Å².